The van der Waals surface area contributed by atoms with Crippen LogP contribution in [0.3, 0.4) is 0 Å². The average molecular weight is 401 g/mol. The van der Waals surface area contributed by atoms with E-state index >= 15 is 0 Å². The van der Waals surface area contributed by atoms with E-state index in [1.165, 1.54) is 11.8 Å². The summed E-state index contributed by atoms with van der Waals surface area (Å²) in [6, 6.07) is 15.1. The Balaban J connectivity index is 1.58. The van der Waals surface area contributed by atoms with E-state index in [1.54, 1.807) is 0 Å². The van der Waals surface area contributed by atoms with E-state index in [1.807, 2.05) is 62.4 Å². The second kappa shape index (κ2) is 11.0. The van der Waals surface area contributed by atoms with Crippen LogP contribution >= 0.6 is 11.8 Å². The van der Waals surface area contributed by atoms with Crippen molar-refractivity contribution in [3.8, 4) is 0 Å². The van der Waals surface area contributed by atoms with E-state index in [9.17, 15) is 14.4 Å². The Morgan fingerprint density at radius 1 is 0.786 bits per heavy atom. The van der Waals surface area contributed by atoms with Crippen LogP contribution in [0.25, 0.3) is 0 Å². The van der Waals surface area contributed by atoms with Gasteiger partial charge in [0.25, 0.3) is 5.91 Å². The first kappa shape index (κ1) is 21.3. The Bertz CT molecular complexity index is 740. The summed E-state index contributed by atoms with van der Waals surface area (Å²) in [5.74, 6) is -0.671. The van der Waals surface area contributed by atoms with Crippen molar-refractivity contribution >= 4 is 29.6 Å². The molecule has 0 aliphatic carbocycles. The second-order valence-electron chi connectivity index (χ2n) is 6.22. The molecule has 2 rings (SSSR count). The third kappa shape index (κ3) is 8.13. The van der Waals surface area contributed by atoms with E-state index in [2.05, 4.69) is 21.5 Å². The van der Waals surface area contributed by atoms with Crippen LogP contribution in [0.1, 0.15) is 16.7 Å². The molecule has 8 heteroatoms. The number of rotatable bonds is 7. The zero-order valence-corrected chi connectivity index (χ0v) is 16.7. The van der Waals surface area contributed by atoms with Gasteiger partial charge in [-0.1, -0.05) is 47.5 Å². The Morgan fingerprint density at radius 2 is 1.36 bits per heavy atom. The highest BCUT2D eigenvalue weighted by molar-refractivity contribution is 8.00. The molecule has 0 fully saturated rings. The van der Waals surface area contributed by atoms with Crippen molar-refractivity contribution in [1.82, 2.24) is 21.5 Å². The highest BCUT2D eigenvalue weighted by Crippen LogP contribution is 2.17. The van der Waals surface area contributed by atoms with E-state index in [4.69, 9.17) is 0 Å². The van der Waals surface area contributed by atoms with Gasteiger partial charge >= 0.3 is 6.03 Å². The zero-order valence-electron chi connectivity index (χ0n) is 15.9. The van der Waals surface area contributed by atoms with Crippen molar-refractivity contribution in [3.05, 3.63) is 65.2 Å². The lowest BCUT2D eigenvalue weighted by molar-refractivity contribution is -0.127. The van der Waals surface area contributed by atoms with Crippen LogP contribution in [0.4, 0.5) is 4.79 Å². The van der Waals surface area contributed by atoms with E-state index in [0.29, 0.717) is 6.54 Å². The monoisotopic (exact) mass is 400 g/mol. The second-order valence-corrected chi connectivity index (χ2v) is 7.27. The Kier molecular flexibility index (Phi) is 8.36. The molecule has 0 aromatic heterocycles. The normalized spacial score (nSPS) is 10.1. The molecule has 0 radical (unpaired) electrons. The van der Waals surface area contributed by atoms with Gasteiger partial charge in [0.15, 0.2) is 0 Å². The summed E-state index contributed by atoms with van der Waals surface area (Å²) in [6.45, 7) is 4.10. The van der Waals surface area contributed by atoms with Gasteiger partial charge < -0.3 is 10.6 Å². The number of aryl methyl sites for hydroxylation is 2. The summed E-state index contributed by atoms with van der Waals surface area (Å²) >= 11 is 1.37. The summed E-state index contributed by atoms with van der Waals surface area (Å²) in [7, 11) is 0. The van der Waals surface area contributed by atoms with Gasteiger partial charge in [0, 0.05) is 11.4 Å². The molecule has 0 saturated heterocycles. The quantitative estimate of drug-likeness (QED) is 0.422. The van der Waals surface area contributed by atoms with E-state index < -0.39 is 11.9 Å². The first-order chi connectivity index (χ1) is 13.4. The lowest BCUT2D eigenvalue weighted by Gasteiger charge is -2.09. The summed E-state index contributed by atoms with van der Waals surface area (Å²) in [6.07, 6.45) is 0. The number of amides is 4. The van der Waals surface area contributed by atoms with Gasteiger partial charge in [0.1, 0.15) is 6.54 Å². The Hall–Kier alpha value is -3.00. The van der Waals surface area contributed by atoms with Crippen LogP contribution in [-0.4, -0.2) is 30.1 Å². The maximum absolute atomic E-state index is 11.8. The minimum absolute atomic E-state index is 0.174. The molecular weight excluding hydrogens is 376 g/mol. The maximum Gasteiger partial charge on any atom is 0.315 e. The minimum atomic E-state index is -0.515. The molecule has 0 spiro atoms. The van der Waals surface area contributed by atoms with Crippen molar-refractivity contribution in [2.45, 2.75) is 25.3 Å². The fraction of sp³-hybridized carbons (Fsp3) is 0.250. The van der Waals surface area contributed by atoms with Crippen LogP contribution in [0, 0.1) is 13.8 Å². The number of hydrogen-bond acceptors (Lipinski definition) is 4. The van der Waals surface area contributed by atoms with Crippen LogP contribution in [0.5, 0.6) is 0 Å². The fourth-order valence-electron chi connectivity index (χ4n) is 2.11. The van der Waals surface area contributed by atoms with Gasteiger partial charge in [0.2, 0.25) is 5.91 Å². The van der Waals surface area contributed by atoms with Gasteiger partial charge in [-0.25, -0.2) is 4.79 Å². The molecule has 0 atom stereocenters. The van der Waals surface area contributed by atoms with Gasteiger partial charge in [-0.05, 0) is 31.5 Å². The predicted molar refractivity (Wildman–Crippen MR) is 110 cm³/mol. The summed E-state index contributed by atoms with van der Waals surface area (Å²) < 4.78 is 0. The molecule has 7 nitrogen and oxygen atoms in total. The SMILES string of the molecule is Cc1ccc(CNC(=O)NCC(=O)NNC(=O)CSc2ccc(C)cc2)cc1. The average Bonchev–Trinajstić information content (AvgIpc) is 2.69. The Morgan fingerprint density at radius 3 is 2.00 bits per heavy atom. The number of hydrazine groups is 1. The number of carbonyl (C=O) groups excluding carboxylic acids is 3. The molecule has 4 amide bonds. The molecule has 0 saturated carbocycles. The molecule has 0 aliphatic heterocycles. The summed E-state index contributed by atoms with van der Waals surface area (Å²) in [5, 5.41) is 5.09. The topological polar surface area (TPSA) is 99.3 Å². The standard InChI is InChI=1S/C20H24N4O3S/c1-14-3-7-16(8-4-14)11-21-20(27)22-12-18(25)23-24-19(26)13-28-17-9-5-15(2)6-10-17/h3-10H,11-13H2,1-2H3,(H,23,25)(H,24,26)(H2,21,22,27). The van der Waals surface area contributed by atoms with Crippen molar-refractivity contribution in [2.24, 2.45) is 0 Å². The first-order valence-corrected chi connectivity index (χ1v) is 9.75. The third-order valence-corrected chi connectivity index (χ3v) is 4.73. The molecule has 4 N–H and O–H groups in total. The molecule has 148 valence electrons. The largest absolute Gasteiger partial charge is 0.334 e. The molecule has 0 unspecified atom stereocenters. The number of hydrogen-bond donors (Lipinski definition) is 4. The van der Waals surface area contributed by atoms with Crippen LogP contribution < -0.4 is 21.5 Å². The van der Waals surface area contributed by atoms with E-state index in [0.717, 1.165) is 21.6 Å². The molecular formula is C20H24N4O3S. The van der Waals surface area contributed by atoms with Crippen molar-refractivity contribution in [2.75, 3.05) is 12.3 Å². The number of thioether (sulfide) groups is 1. The summed E-state index contributed by atoms with van der Waals surface area (Å²) in [4.78, 5) is 36.2. The highest BCUT2D eigenvalue weighted by Gasteiger charge is 2.07. The van der Waals surface area contributed by atoms with Crippen LogP contribution in [0.15, 0.2) is 53.4 Å². The smallest absolute Gasteiger partial charge is 0.315 e. The molecule has 2 aromatic rings. The van der Waals surface area contributed by atoms with Gasteiger partial charge in [-0.15, -0.1) is 11.8 Å². The number of nitrogens with one attached hydrogen (secondary N) is 4. The first-order valence-electron chi connectivity index (χ1n) is 8.77. The van der Waals surface area contributed by atoms with Crippen molar-refractivity contribution in [3.63, 3.8) is 0 Å². The van der Waals surface area contributed by atoms with Crippen molar-refractivity contribution in [1.29, 1.82) is 0 Å². The van der Waals surface area contributed by atoms with Gasteiger partial charge in [0.05, 0.1) is 5.75 Å². The van der Waals surface area contributed by atoms with Gasteiger partial charge in [-0.3, -0.25) is 20.4 Å². The minimum Gasteiger partial charge on any atom is -0.334 e. The van der Waals surface area contributed by atoms with Crippen LogP contribution in [-0.2, 0) is 16.1 Å². The van der Waals surface area contributed by atoms with Crippen LogP contribution in [0.2, 0.25) is 0 Å². The molecule has 28 heavy (non-hydrogen) atoms. The number of carbonyl (C=O) groups is 3. The fourth-order valence-corrected chi connectivity index (χ4v) is 2.81. The zero-order chi connectivity index (χ0) is 20.4. The lowest BCUT2D eigenvalue weighted by Crippen LogP contribution is -2.48. The predicted octanol–water partition coefficient (Wildman–Crippen LogP) is 2.04. The lowest BCUT2D eigenvalue weighted by atomic mass is 10.1. The van der Waals surface area contributed by atoms with Gasteiger partial charge in [-0.2, -0.15) is 0 Å². The van der Waals surface area contributed by atoms with E-state index in [-0.39, 0.29) is 18.2 Å². The molecule has 0 heterocycles. The molecule has 0 aliphatic rings. The maximum atomic E-state index is 11.8. The highest BCUT2D eigenvalue weighted by atomic mass is 32.2. The number of benzene rings is 2. The molecule has 0 bridgehead atoms. The van der Waals surface area contributed by atoms with Crippen molar-refractivity contribution < 1.29 is 14.4 Å². The third-order valence-electron chi connectivity index (χ3n) is 3.72. The summed E-state index contributed by atoms with van der Waals surface area (Å²) in [5.41, 5.74) is 7.84. The molecule has 2 aromatic carbocycles. The number of urea groups is 1. The Labute approximate surface area is 168 Å².